The van der Waals surface area contributed by atoms with Crippen molar-refractivity contribution in [3.05, 3.63) is 137 Å². The average molecular weight is 581 g/mol. The van der Waals surface area contributed by atoms with Crippen LogP contribution in [0.15, 0.2) is 109 Å². The second-order valence-electron chi connectivity index (χ2n) is 10.5. The van der Waals surface area contributed by atoms with Gasteiger partial charge in [-0.1, -0.05) is 29.8 Å². The zero-order valence-corrected chi connectivity index (χ0v) is 23.7. The molecule has 4 amide bonds. The number of aryl methyl sites for hydroxylation is 1. The molecule has 2 aliphatic rings. The first-order chi connectivity index (χ1) is 21.3. The maximum absolute atomic E-state index is 13.5. The van der Waals surface area contributed by atoms with Crippen LogP contribution in [0, 0.1) is 6.92 Å². The highest BCUT2D eigenvalue weighted by Crippen LogP contribution is 2.36. The largest absolute Gasteiger partial charge is 0.497 e. The predicted molar refractivity (Wildman–Crippen MR) is 165 cm³/mol. The summed E-state index contributed by atoms with van der Waals surface area (Å²) in [7, 11) is 1.59. The highest BCUT2D eigenvalue weighted by atomic mass is 16.5. The second-order valence-corrected chi connectivity index (χ2v) is 10.5. The first kappa shape index (κ1) is 26.9. The van der Waals surface area contributed by atoms with E-state index in [0.29, 0.717) is 45.3 Å². The van der Waals surface area contributed by atoms with Gasteiger partial charge in [0.1, 0.15) is 17.2 Å². The lowest BCUT2D eigenvalue weighted by atomic mass is 9.97. The Hall–Kier alpha value is -6.02. The SMILES string of the molecule is COc1ccc(Oc2ccc(N3C(=O)c4ccc(-c5ccc6c(c5)C(=O)N(c5ccc(C)cc5)C6=O)cc4C3=O)cc2)cc1. The molecule has 44 heavy (non-hydrogen) atoms. The molecule has 0 spiro atoms. The molecular weight excluding hydrogens is 556 g/mol. The van der Waals surface area contributed by atoms with Gasteiger partial charge in [0.05, 0.1) is 40.7 Å². The summed E-state index contributed by atoms with van der Waals surface area (Å²) in [6, 6.07) is 31.1. The fourth-order valence-corrected chi connectivity index (χ4v) is 5.45. The van der Waals surface area contributed by atoms with E-state index < -0.39 is 17.7 Å². The summed E-state index contributed by atoms with van der Waals surface area (Å²) in [5.41, 5.74) is 4.39. The lowest BCUT2D eigenvalue weighted by Gasteiger charge is -2.14. The molecule has 7 rings (SSSR count). The molecule has 214 valence electrons. The van der Waals surface area contributed by atoms with Crippen LogP contribution in [0.2, 0.25) is 0 Å². The molecule has 0 fully saturated rings. The van der Waals surface area contributed by atoms with Crippen molar-refractivity contribution in [1.82, 2.24) is 0 Å². The summed E-state index contributed by atoms with van der Waals surface area (Å²) in [5.74, 6) is 0.207. The Morgan fingerprint density at radius 1 is 0.455 bits per heavy atom. The molecule has 2 aliphatic heterocycles. The fourth-order valence-electron chi connectivity index (χ4n) is 5.45. The highest BCUT2D eigenvalue weighted by molar-refractivity contribution is 6.35. The van der Waals surface area contributed by atoms with Crippen molar-refractivity contribution < 1.29 is 28.7 Å². The number of carbonyl (C=O) groups is 4. The van der Waals surface area contributed by atoms with E-state index in [2.05, 4.69) is 0 Å². The third-order valence-electron chi connectivity index (χ3n) is 7.79. The van der Waals surface area contributed by atoms with Gasteiger partial charge in [-0.25, -0.2) is 9.80 Å². The summed E-state index contributed by atoms with van der Waals surface area (Å²) >= 11 is 0. The fraction of sp³-hybridized carbons (Fsp3) is 0.0556. The molecule has 0 aromatic heterocycles. The van der Waals surface area contributed by atoms with E-state index >= 15 is 0 Å². The van der Waals surface area contributed by atoms with Gasteiger partial charge in [-0.3, -0.25) is 19.2 Å². The van der Waals surface area contributed by atoms with E-state index in [9.17, 15) is 19.2 Å². The van der Waals surface area contributed by atoms with E-state index in [1.54, 1.807) is 104 Å². The van der Waals surface area contributed by atoms with Crippen molar-refractivity contribution in [2.45, 2.75) is 6.92 Å². The van der Waals surface area contributed by atoms with Gasteiger partial charge in [0, 0.05) is 0 Å². The van der Waals surface area contributed by atoms with Crippen molar-refractivity contribution in [3.8, 4) is 28.4 Å². The minimum Gasteiger partial charge on any atom is -0.497 e. The normalized spacial score (nSPS) is 13.8. The maximum atomic E-state index is 13.5. The van der Waals surface area contributed by atoms with Crippen molar-refractivity contribution in [2.75, 3.05) is 16.9 Å². The van der Waals surface area contributed by atoms with Gasteiger partial charge in [-0.15, -0.1) is 0 Å². The lowest BCUT2D eigenvalue weighted by Crippen LogP contribution is -2.29. The lowest BCUT2D eigenvalue weighted by molar-refractivity contribution is 0.0910. The molecule has 0 N–H and O–H groups in total. The molecule has 0 bridgehead atoms. The topological polar surface area (TPSA) is 93.2 Å². The number of rotatable bonds is 6. The number of hydrogen-bond donors (Lipinski definition) is 0. The Morgan fingerprint density at radius 3 is 1.30 bits per heavy atom. The molecule has 8 heteroatoms. The number of imide groups is 2. The minimum absolute atomic E-state index is 0.259. The zero-order chi connectivity index (χ0) is 30.5. The number of methoxy groups -OCH3 is 1. The summed E-state index contributed by atoms with van der Waals surface area (Å²) in [6.45, 7) is 1.93. The maximum Gasteiger partial charge on any atom is 0.266 e. The molecular formula is C36H24N2O6. The van der Waals surface area contributed by atoms with Crippen LogP contribution >= 0.6 is 0 Å². The first-order valence-corrected chi connectivity index (χ1v) is 13.9. The predicted octanol–water partition coefficient (Wildman–Crippen LogP) is 7.06. The Balaban J connectivity index is 1.13. The summed E-state index contributed by atoms with van der Waals surface area (Å²) in [4.78, 5) is 55.5. The molecule has 8 nitrogen and oxygen atoms in total. The molecule has 0 aliphatic carbocycles. The van der Waals surface area contributed by atoms with Gasteiger partial charge >= 0.3 is 0 Å². The molecule has 2 heterocycles. The monoisotopic (exact) mass is 580 g/mol. The molecule has 0 unspecified atom stereocenters. The van der Waals surface area contributed by atoms with Gasteiger partial charge in [-0.2, -0.15) is 0 Å². The molecule has 0 atom stereocenters. The number of amides is 4. The van der Waals surface area contributed by atoms with Crippen LogP contribution in [0.5, 0.6) is 17.2 Å². The third kappa shape index (κ3) is 4.40. The second kappa shape index (κ2) is 10.4. The van der Waals surface area contributed by atoms with Crippen molar-refractivity contribution in [2.24, 2.45) is 0 Å². The van der Waals surface area contributed by atoms with Crippen LogP contribution in [0.3, 0.4) is 0 Å². The van der Waals surface area contributed by atoms with Crippen LogP contribution in [-0.4, -0.2) is 30.7 Å². The average Bonchev–Trinajstić information content (AvgIpc) is 3.45. The van der Waals surface area contributed by atoms with Crippen LogP contribution in [0.1, 0.15) is 47.0 Å². The molecule has 0 saturated carbocycles. The number of anilines is 2. The first-order valence-electron chi connectivity index (χ1n) is 13.9. The van der Waals surface area contributed by atoms with Crippen LogP contribution < -0.4 is 19.3 Å². The van der Waals surface area contributed by atoms with E-state index in [0.717, 1.165) is 10.5 Å². The van der Waals surface area contributed by atoms with E-state index in [1.807, 2.05) is 19.1 Å². The number of benzene rings is 5. The standard InChI is InChI=1S/C36H24N2O6/c1-21-3-7-24(8-4-21)37-33(39)29-17-5-22(19-31(29)35(37)41)23-6-18-30-32(20-23)36(42)38(34(30)40)25-9-11-27(12-10-25)44-28-15-13-26(43-2)14-16-28/h3-20H,1-2H3. The Kier molecular flexibility index (Phi) is 6.32. The van der Waals surface area contributed by atoms with Crippen molar-refractivity contribution in [1.29, 1.82) is 0 Å². The highest BCUT2D eigenvalue weighted by Gasteiger charge is 2.38. The van der Waals surface area contributed by atoms with Gasteiger partial charge in [0.25, 0.3) is 23.6 Å². The Labute approximate surface area is 252 Å². The van der Waals surface area contributed by atoms with Crippen molar-refractivity contribution >= 4 is 35.0 Å². The Morgan fingerprint density at radius 2 is 0.841 bits per heavy atom. The van der Waals surface area contributed by atoms with Crippen LogP contribution in [-0.2, 0) is 0 Å². The summed E-state index contributed by atoms with van der Waals surface area (Å²) < 4.78 is 11.0. The molecule has 5 aromatic rings. The number of ether oxygens (including phenoxy) is 2. The van der Waals surface area contributed by atoms with E-state index in [4.69, 9.17) is 9.47 Å². The smallest absolute Gasteiger partial charge is 0.266 e. The van der Waals surface area contributed by atoms with Gasteiger partial charge in [0.2, 0.25) is 0 Å². The summed E-state index contributed by atoms with van der Waals surface area (Å²) in [5, 5.41) is 0. The van der Waals surface area contributed by atoms with E-state index in [1.165, 1.54) is 4.90 Å². The van der Waals surface area contributed by atoms with Gasteiger partial charge in [0.15, 0.2) is 0 Å². The number of nitrogens with zero attached hydrogens (tertiary/aromatic N) is 2. The zero-order valence-electron chi connectivity index (χ0n) is 23.7. The van der Waals surface area contributed by atoms with Crippen molar-refractivity contribution in [3.63, 3.8) is 0 Å². The third-order valence-corrected chi connectivity index (χ3v) is 7.79. The molecule has 0 radical (unpaired) electrons. The molecule has 5 aromatic carbocycles. The number of fused-ring (bicyclic) bond motifs is 2. The van der Waals surface area contributed by atoms with E-state index in [-0.39, 0.29) is 22.6 Å². The van der Waals surface area contributed by atoms with Gasteiger partial charge < -0.3 is 9.47 Å². The quantitative estimate of drug-likeness (QED) is 0.200. The number of hydrogen-bond acceptors (Lipinski definition) is 6. The minimum atomic E-state index is -0.450. The summed E-state index contributed by atoms with van der Waals surface area (Å²) in [6.07, 6.45) is 0. The van der Waals surface area contributed by atoms with Crippen LogP contribution in [0.25, 0.3) is 11.1 Å². The Bertz CT molecular complexity index is 2000. The van der Waals surface area contributed by atoms with Gasteiger partial charge in [-0.05, 0) is 103 Å². The number of carbonyl (C=O) groups excluding carboxylic acids is 4. The van der Waals surface area contributed by atoms with Crippen LogP contribution in [0.4, 0.5) is 11.4 Å². The molecule has 0 saturated heterocycles.